The lowest BCUT2D eigenvalue weighted by molar-refractivity contribution is 0.346. The van der Waals surface area contributed by atoms with Crippen LogP contribution in [0.4, 0.5) is 5.69 Å². The zero-order valence-corrected chi connectivity index (χ0v) is 17.1. The van der Waals surface area contributed by atoms with Crippen LogP contribution in [0.2, 0.25) is 0 Å². The van der Waals surface area contributed by atoms with Gasteiger partial charge in [-0.15, -0.1) is 0 Å². The van der Waals surface area contributed by atoms with E-state index in [1.54, 1.807) is 22.5 Å². The highest BCUT2D eigenvalue weighted by molar-refractivity contribution is 7.89. The van der Waals surface area contributed by atoms with E-state index in [-0.39, 0.29) is 0 Å². The van der Waals surface area contributed by atoms with Crippen LogP contribution in [0.1, 0.15) is 37.3 Å². The van der Waals surface area contributed by atoms with Gasteiger partial charge in [0.05, 0.1) is 11.4 Å². The molecule has 2 aromatic carbocycles. The van der Waals surface area contributed by atoms with Crippen molar-refractivity contribution in [2.75, 3.05) is 18.4 Å². The van der Waals surface area contributed by atoms with Crippen molar-refractivity contribution in [2.24, 2.45) is 10.7 Å². The van der Waals surface area contributed by atoms with Crippen LogP contribution in [-0.2, 0) is 23.0 Å². The summed E-state index contributed by atoms with van der Waals surface area (Å²) in [7, 11) is -3.44. The number of nitrogens with one attached hydrogen (secondary N) is 1. The number of benzene rings is 2. The van der Waals surface area contributed by atoms with Gasteiger partial charge in [-0.05, 0) is 54.7 Å². The average Bonchev–Trinajstić information content (AvgIpc) is 2.73. The molecule has 0 bridgehead atoms. The average molecular weight is 401 g/mol. The first-order chi connectivity index (χ1) is 13.5. The predicted molar refractivity (Wildman–Crippen MR) is 114 cm³/mol. The minimum Gasteiger partial charge on any atom is -0.370 e. The molecule has 6 nitrogen and oxygen atoms in total. The van der Waals surface area contributed by atoms with Gasteiger partial charge in [-0.25, -0.2) is 13.4 Å². The van der Waals surface area contributed by atoms with Crippen LogP contribution < -0.4 is 11.1 Å². The Morgan fingerprint density at radius 2 is 1.79 bits per heavy atom. The molecule has 7 heteroatoms. The zero-order chi connectivity index (χ0) is 20.0. The highest BCUT2D eigenvalue weighted by atomic mass is 32.2. The molecule has 1 heterocycles. The fraction of sp³-hybridized carbons (Fsp3) is 0.381. The van der Waals surface area contributed by atoms with Crippen molar-refractivity contribution in [2.45, 2.75) is 44.0 Å². The summed E-state index contributed by atoms with van der Waals surface area (Å²) in [6.07, 6.45) is 3.88. The molecule has 0 saturated carbocycles. The summed E-state index contributed by atoms with van der Waals surface area (Å²) in [5, 5.41) is 3.08. The molecule has 0 radical (unpaired) electrons. The summed E-state index contributed by atoms with van der Waals surface area (Å²) < 4.78 is 27.2. The molecule has 0 atom stereocenters. The Hall–Kier alpha value is -2.38. The summed E-state index contributed by atoms with van der Waals surface area (Å²) in [5.41, 5.74) is 8.92. The fourth-order valence-corrected chi connectivity index (χ4v) is 4.88. The third-order valence-corrected chi connectivity index (χ3v) is 6.79. The molecule has 1 fully saturated rings. The van der Waals surface area contributed by atoms with E-state index in [2.05, 4.69) is 23.3 Å². The van der Waals surface area contributed by atoms with Crippen molar-refractivity contribution in [3.63, 3.8) is 0 Å². The summed E-state index contributed by atoms with van der Waals surface area (Å²) >= 11 is 0. The van der Waals surface area contributed by atoms with Crippen LogP contribution in [0, 0.1) is 0 Å². The second-order valence-corrected chi connectivity index (χ2v) is 8.93. The lowest BCUT2D eigenvalue weighted by Crippen LogP contribution is -2.35. The summed E-state index contributed by atoms with van der Waals surface area (Å²) in [6.45, 7) is 3.61. The van der Waals surface area contributed by atoms with Gasteiger partial charge in [0.25, 0.3) is 0 Å². The van der Waals surface area contributed by atoms with E-state index < -0.39 is 10.0 Å². The molecule has 0 unspecified atom stereocenters. The van der Waals surface area contributed by atoms with Gasteiger partial charge in [0.15, 0.2) is 5.96 Å². The van der Waals surface area contributed by atoms with Gasteiger partial charge in [0.2, 0.25) is 10.0 Å². The molecule has 3 N–H and O–H groups in total. The standard InChI is InChI=1S/C21H28N4O2S/c1-2-17-8-6-10-19(14-17)24-21(22)23-16-18-9-7-11-20(15-18)28(26,27)25-12-4-3-5-13-25/h6-11,14-15H,2-5,12-13,16H2,1H3,(H3,22,23,24). The van der Waals surface area contributed by atoms with E-state index in [0.717, 1.165) is 36.9 Å². The van der Waals surface area contributed by atoms with Crippen molar-refractivity contribution < 1.29 is 8.42 Å². The maximum atomic E-state index is 12.8. The number of sulfonamides is 1. The Balaban J connectivity index is 1.69. The van der Waals surface area contributed by atoms with Gasteiger partial charge < -0.3 is 11.1 Å². The number of piperidine rings is 1. The molecule has 0 spiro atoms. The molecule has 1 saturated heterocycles. The van der Waals surface area contributed by atoms with E-state index in [4.69, 9.17) is 5.73 Å². The topological polar surface area (TPSA) is 87.8 Å². The van der Waals surface area contributed by atoms with Crippen molar-refractivity contribution in [3.05, 3.63) is 59.7 Å². The summed E-state index contributed by atoms with van der Waals surface area (Å²) in [4.78, 5) is 4.68. The van der Waals surface area contributed by atoms with Crippen LogP contribution in [0.3, 0.4) is 0 Å². The van der Waals surface area contributed by atoms with Crippen molar-refractivity contribution in [1.29, 1.82) is 0 Å². The highest BCUT2D eigenvalue weighted by Crippen LogP contribution is 2.21. The van der Waals surface area contributed by atoms with Crippen molar-refractivity contribution >= 4 is 21.7 Å². The van der Waals surface area contributed by atoms with Crippen LogP contribution in [0.5, 0.6) is 0 Å². The Morgan fingerprint density at radius 1 is 1.07 bits per heavy atom. The molecule has 3 rings (SSSR count). The first kappa shape index (κ1) is 20.4. The lowest BCUT2D eigenvalue weighted by atomic mass is 10.1. The molecule has 0 aliphatic carbocycles. The van der Waals surface area contributed by atoms with Crippen LogP contribution in [0.25, 0.3) is 0 Å². The Kier molecular flexibility index (Phi) is 6.70. The summed E-state index contributed by atoms with van der Waals surface area (Å²) in [6, 6.07) is 15.0. The minimum atomic E-state index is -3.44. The second-order valence-electron chi connectivity index (χ2n) is 6.99. The van der Waals surface area contributed by atoms with E-state index in [1.807, 2.05) is 24.3 Å². The molecule has 2 aromatic rings. The zero-order valence-electron chi connectivity index (χ0n) is 16.3. The van der Waals surface area contributed by atoms with Crippen molar-refractivity contribution in [3.8, 4) is 0 Å². The number of guanidine groups is 1. The van der Waals surface area contributed by atoms with E-state index in [9.17, 15) is 8.42 Å². The number of aryl methyl sites for hydroxylation is 1. The number of hydrogen-bond donors (Lipinski definition) is 2. The first-order valence-corrected chi connectivity index (χ1v) is 11.2. The van der Waals surface area contributed by atoms with Gasteiger partial charge in [0, 0.05) is 18.8 Å². The molecule has 0 amide bonds. The fourth-order valence-electron chi connectivity index (χ4n) is 3.29. The Morgan fingerprint density at radius 3 is 2.54 bits per heavy atom. The predicted octanol–water partition coefficient (Wildman–Crippen LogP) is 3.35. The second kappa shape index (κ2) is 9.21. The molecular weight excluding hydrogens is 372 g/mol. The number of rotatable bonds is 6. The van der Waals surface area contributed by atoms with E-state index in [0.29, 0.717) is 30.5 Å². The van der Waals surface area contributed by atoms with E-state index in [1.165, 1.54) is 5.56 Å². The largest absolute Gasteiger partial charge is 0.370 e. The van der Waals surface area contributed by atoms with Crippen LogP contribution in [0.15, 0.2) is 58.4 Å². The van der Waals surface area contributed by atoms with Gasteiger partial charge >= 0.3 is 0 Å². The Labute approximate surface area is 167 Å². The van der Waals surface area contributed by atoms with Gasteiger partial charge in [-0.3, -0.25) is 0 Å². The maximum absolute atomic E-state index is 12.8. The third-order valence-electron chi connectivity index (χ3n) is 4.89. The maximum Gasteiger partial charge on any atom is 0.243 e. The van der Waals surface area contributed by atoms with Gasteiger partial charge in [0.1, 0.15) is 0 Å². The molecule has 1 aliphatic heterocycles. The Bertz CT molecular complexity index is 935. The quantitative estimate of drug-likeness (QED) is 0.575. The highest BCUT2D eigenvalue weighted by Gasteiger charge is 2.25. The normalized spacial score (nSPS) is 16.1. The molecule has 1 aliphatic rings. The monoisotopic (exact) mass is 400 g/mol. The molecular formula is C21H28N4O2S. The molecule has 28 heavy (non-hydrogen) atoms. The van der Waals surface area contributed by atoms with E-state index >= 15 is 0 Å². The van der Waals surface area contributed by atoms with Crippen LogP contribution >= 0.6 is 0 Å². The van der Waals surface area contributed by atoms with Gasteiger partial charge in [-0.1, -0.05) is 37.6 Å². The SMILES string of the molecule is CCc1cccc(NC(N)=NCc2cccc(S(=O)(=O)N3CCCCC3)c2)c1. The number of aliphatic imine (C=N–C) groups is 1. The minimum absolute atomic E-state index is 0.303. The number of anilines is 1. The summed E-state index contributed by atoms with van der Waals surface area (Å²) in [5.74, 6) is 0.303. The van der Waals surface area contributed by atoms with Crippen LogP contribution in [-0.4, -0.2) is 31.8 Å². The van der Waals surface area contributed by atoms with Gasteiger partial charge in [-0.2, -0.15) is 4.31 Å². The lowest BCUT2D eigenvalue weighted by Gasteiger charge is -2.26. The number of nitrogens with two attached hydrogens (primary N) is 1. The van der Waals surface area contributed by atoms with Crippen molar-refractivity contribution in [1.82, 2.24) is 4.31 Å². The molecule has 150 valence electrons. The first-order valence-electron chi connectivity index (χ1n) is 9.74. The molecule has 0 aromatic heterocycles. The smallest absolute Gasteiger partial charge is 0.243 e. The number of hydrogen-bond acceptors (Lipinski definition) is 3. The third kappa shape index (κ3) is 5.11. The number of nitrogens with zero attached hydrogens (tertiary/aromatic N) is 2.